The number of nitrogens with one attached hydrogen (secondary N) is 1. The Kier molecular flexibility index (Phi) is 3.71. The van der Waals surface area contributed by atoms with Gasteiger partial charge in [0.05, 0.1) is 23.9 Å². The van der Waals surface area contributed by atoms with Crippen LogP contribution in [0.4, 0.5) is 0 Å². The maximum atomic E-state index is 5.78. The van der Waals surface area contributed by atoms with Crippen molar-refractivity contribution in [2.75, 3.05) is 26.2 Å². The molecule has 0 bridgehead atoms. The zero-order chi connectivity index (χ0) is 11.5. The van der Waals surface area contributed by atoms with Crippen molar-refractivity contribution in [3.63, 3.8) is 0 Å². The van der Waals surface area contributed by atoms with E-state index in [-0.39, 0.29) is 0 Å². The van der Waals surface area contributed by atoms with Crippen molar-refractivity contribution in [1.82, 2.24) is 15.2 Å². The fourth-order valence-corrected chi connectivity index (χ4v) is 2.88. The number of nitrogens with zero attached hydrogens (tertiary/aromatic N) is 2. The van der Waals surface area contributed by atoms with E-state index in [9.17, 15) is 0 Å². The van der Waals surface area contributed by atoms with Gasteiger partial charge in [0.15, 0.2) is 0 Å². The molecule has 0 amide bonds. The van der Waals surface area contributed by atoms with E-state index in [4.69, 9.17) is 4.74 Å². The van der Waals surface area contributed by atoms with Gasteiger partial charge < -0.3 is 10.1 Å². The molecule has 2 aliphatic rings. The first-order valence-electron chi connectivity index (χ1n) is 6.35. The fourth-order valence-electron chi connectivity index (χ4n) is 2.32. The highest BCUT2D eigenvalue weighted by molar-refractivity contribution is 7.07. The molecule has 2 fully saturated rings. The highest BCUT2D eigenvalue weighted by Gasteiger charge is 2.32. The van der Waals surface area contributed by atoms with Gasteiger partial charge in [-0.1, -0.05) is 0 Å². The SMILES string of the molecule is c1nc(CNCC2CN(C3CC3)CCO2)cs1. The molecule has 1 unspecified atom stereocenters. The van der Waals surface area contributed by atoms with Crippen LogP contribution >= 0.6 is 11.3 Å². The molecular weight excluding hydrogens is 234 g/mol. The zero-order valence-electron chi connectivity index (χ0n) is 9.97. The minimum atomic E-state index is 0.350. The molecule has 1 aliphatic carbocycles. The van der Waals surface area contributed by atoms with Crippen LogP contribution in [0, 0.1) is 0 Å². The molecule has 0 aromatic carbocycles. The molecule has 0 radical (unpaired) electrons. The summed E-state index contributed by atoms with van der Waals surface area (Å²) >= 11 is 1.65. The number of morpholine rings is 1. The normalized spacial score (nSPS) is 26.2. The molecule has 4 nitrogen and oxygen atoms in total. The predicted octanol–water partition coefficient (Wildman–Crippen LogP) is 1.10. The van der Waals surface area contributed by atoms with E-state index in [2.05, 4.69) is 20.6 Å². The highest BCUT2D eigenvalue weighted by Crippen LogP contribution is 2.28. The van der Waals surface area contributed by atoms with Crippen LogP contribution < -0.4 is 5.32 Å². The van der Waals surface area contributed by atoms with E-state index in [1.54, 1.807) is 11.3 Å². The average molecular weight is 253 g/mol. The van der Waals surface area contributed by atoms with E-state index in [1.165, 1.54) is 12.8 Å². The lowest BCUT2D eigenvalue weighted by molar-refractivity contribution is -0.0301. The first kappa shape index (κ1) is 11.6. The maximum Gasteiger partial charge on any atom is 0.0826 e. The summed E-state index contributed by atoms with van der Waals surface area (Å²) in [4.78, 5) is 6.84. The molecule has 2 heterocycles. The van der Waals surface area contributed by atoms with Gasteiger partial charge in [-0.05, 0) is 12.8 Å². The molecule has 1 aromatic rings. The van der Waals surface area contributed by atoms with Gasteiger partial charge in [0.1, 0.15) is 0 Å². The van der Waals surface area contributed by atoms with Gasteiger partial charge in [0.2, 0.25) is 0 Å². The van der Waals surface area contributed by atoms with Crippen molar-refractivity contribution in [2.24, 2.45) is 0 Å². The summed E-state index contributed by atoms with van der Waals surface area (Å²) in [6.45, 7) is 4.88. The van der Waals surface area contributed by atoms with Crippen molar-refractivity contribution in [3.8, 4) is 0 Å². The average Bonchev–Trinajstić information content (AvgIpc) is 3.09. The highest BCUT2D eigenvalue weighted by atomic mass is 32.1. The summed E-state index contributed by atoms with van der Waals surface area (Å²) in [5, 5.41) is 5.52. The molecule has 1 aliphatic heterocycles. The summed E-state index contributed by atoms with van der Waals surface area (Å²) in [5.74, 6) is 0. The van der Waals surface area contributed by atoms with E-state index in [1.807, 2.05) is 5.51 Å². The van der Waals surface area contributed by atoms with Gasteiger partial charge in [-0.2, -0.15) is 0 Å². The number of hydrogen-bond donors (Lipinski definition) is 1. The Morgan fingerprint density at radius 3 is 3.24 bits per heavy atom. The molecule has 0 spiro atoms. The predicted molar refractivity (Wildman–Crippen MR) is 68.2 cm³/mol. The van der Waals surface area contributed by atoms with Gasteiger partial charge in [-0.3, -0.25) is 4.90 Å². The lowest BCUT2D eigenvalue weighted by Gasteiger charge is -2.33. The molecule has 1 aromatic heterocycles. The topological polar surface area (TPSA) is 37.4 Å². The second kappa shape index (κ2) is 5.44. The van der Waals surface area contributed by atoms with E-state index in [0.29, 0.717) is 6.10 Å². The van der Waals surface area contributed by atoms with Gasteiger partial charge in [0, 0.05) is 37.6 Å². The smallest absolute Gasteiger partial charge is 0.0826 e. The Balaban J connectivity index is 1.39. The van der Waals surface area contributed by atoms with Crippen molar-refractivity contribution >= 4 is 11.3 Å². The molecule has 1 saturated heterocycles. The summed E-state index contributed by atoms with van der Waals surface area (Å²) < 4.78 is 5.78. The largest absolute Gasteiger partial charge is 0.374 e. The van der Waals surface area contributed by atoms with Crippen molar-refractivity contribution < 1.29 is 4.74 Å². The van der Waals surface area contributed by atoms with Gasteiger partial charge >= 0.3 is 0 Å². The van der Waals surface area contributed by atoms with Gasteiger partial charge in [-0.15, -0.1) is 11.3 Å². The Morgan fingerprint density at radius 2 is 2.47 bits per heavy atom. The minimum Gasteiger partial charge on any atom is -0.374 e. The minimum absolute atomic E-state index is 0.350. The number of hydrogen-bond acceptors (Lipinski definition) is 5. The molecule has 5 heteroatoms. The van der Waals surface area contributed by atoms with Crippen molar-refractivity contribution in [2.45, 2.75) is 31.5 Å². The molecule has 94 valence electrons. The maximum absolute atomic E-state index is 5.78. The number of ether oxygens (including phenoxy) is 1. The van der Waals surface area contributed by atoms with Crippen LogP contribution in [0.2, 0.25) is 0 Å². The number of aromatic nitrogens is 1. The third-order valence-electron chi connectivity index (χ3n) is 3.40. The fraction of sp³-hybridized carbons (Fsp3) is 0.750. The van der Waals surface area contributed by atoms with Gasteiger partial charge in [0.25, 0.3) is 0 Å². The van der Waals surface area contributed by atoms with E-state index >= 15 is 0 Å². The Hall–Kier alpha value is -0.490. The molecule has 1 atom stereocenters. The lowest BCUT2D eigenvalue weighted by Crippen LogP contribution is -2.47. The zero-order valence-corrected chi connectivity index (χ0v) is 10.8. The second-order valence-corrected chi connectivity index (χ2v) is 5.55. The Morgan fingerprint density at radius 1 is 1.53 bits per heavy atom. The van der Waals surface area contributed by atoms with E-state index in [0.717, 1.165) is 44.5 Å². The Bertz CT molecular complexity index is 340. The monoisotopic (exact) mass is 253 g/mol. The number of thiazole rings is 1. The molecule has 17 heavy (non-hydrogen) atoms. The van der Waals surface area contributed by atoms with Crippen LogP contribution in [0.15, 0.2) is 10.9 Å². The molecular formula is C12H19N3OS. The standard InChI is InChI=1S/C12H19N3OS/c1-2-11(1)15-3-4-16-12(7-15)6-13-5-10-8-17-9-14-10/h8-9,11-13H,1-7H2. The number of rotatable bonds is 5. The van der Waals surface area contributed by atoms with Crippen LogP contribution in [-0.2, 0) is 11.3 Å². The summed E-state index contributed by atoms with van der Waals surface area (Å²) in [5.41, 5.74) is 3.01. The first-order chi connectivity index (χ1) is 8.42. The van der Waals surface area contributed by atoms with Crippen molar-refractivity contribution in [1.29, 1.82) is 0 Å². The summed E-state index contributed by atoms with van der Waals surface area (Å²) in [6, 6.07) is 0.861. The van der Waals surface area contributed by atoms with Crippen LogP contribution in [0.5, 0.6) is 0 Å². The van der Waals surface area contributed by atoms with Gasteiger partial charge in [-0.25, -0.2) is 4.98 Å². The van der Waals surface area contributed by atoms with Crippen LogP contribution in [0.3, 0.4) is 0 Å². The second-order valence-electron chi connectivity index (χ2n) is 4.83. The van der Waals surface area contributed by atoms with Crippen molar-refractivity contribution in [3.05, 3.63) is 16.6 Å². The molecule has 3 rings (SSSR count). The molecule has 1 saturated carbocycles. The van der Waals surface area contributed by atoms with Crippen LogP contribution in [-0.4, -0.2) is 48.3 Å². The Labute approximate surface area is 106 Å². The first-order valence-corrected chi connectivity index (χ1v) is 7.29. The van der Waals surface area contributed by atoms with E-state index < -0.39 is 0 Å². The quantitative estimate of drug-likeness (QED) is 0.852. The summed E-state index contributed by atoms with van der Waals surface area (Å²) in [6.07, 6.45) is 3.13. The summed E-state index contributed by atoms with van der Waals surface area (Å²) in [7, 11) is 0. The third kappa shape index (κ3) is 3.25. The molecule has 1 N–H and O–H groups in total. The van der Waals surface area contributed by atoms with Crippen LogP contribution in [0.1, 0.15) is 18.5 Å². The van der Waals surface area contributed by atoms with Crippen LogP contribution in [0.25, 0.3) is 0 Å². The lowest BCUT2D eigenvalue weighted by atomic mass is 10.2. The third-order valence-corrected chi connectivity index (χ3v) is 4.03.